The van der Waals surface area contributed by atoms with Crippen molar-refractivity contribution in [2.45, 2.75) is 38.6 Å². The molecule has 90 valence electrons. The average molecular weight is 215 g/mol. The van der Waals surface area contributed by atoms with Crippen molar-refractivity contribution in [2.75, 3.05) is 27.2 Å². The summed E-state index contributed by atoms with van der Waals surface area (Å²) in [5.41, 5.74) is 5.80. The fraction of sp³-hybridized carbons (Fsp3) is 0.909. The summed E-state index contributed by atoms with van der Waals surface area (Å²) in [4.78, 5) is 13.5. The number of unbranched alkanes of at least 4 members (excludes halogenated alkanes) is 1. The first-order valence-corrected chi connectivity index (χ1v) is 5.78. The van der Waals surface area contributed by atoms with E-state index >= 15 is 0 Å². The van der Waals surface area contributed by atoms with Gasteiger partial charge in [0.1, 0.15) is 0 Å². The second-order valence-corrected chi connectivity index (χ2v) is 3.97. The molecular formula is C11H25N3O. The van der Waals surface area contributed by atoms with Gasteiger partial charge in [-0.25, -0.2) is 0 Å². The van der Waals surface area contributed by atoms with Crippen LogP contribution in [-0.2, 0) is 4.79 Å². The molecule has 0 bridgehead atoms. The Morgan fingerprint density at radius 1 is 1.47 bits per heavy atom. The van der Waals surface area contributed by atoms with E-state index in [1.54, 1.807) is 4.90 Å². The molecule has 0 saturated carbocycles. The van der Waals surface area contributed by atoms with E-state index in [9.17, 15) is 4.79 Å². The zero-order valence-corrected chi connectivity index (χ0v) is 10.3. The highest BCUT2D eigenvalue weighted by Crippen LogP contribution is 2.01. The smallest absolute Gasteiger partial charge is 0.239 e. The highest BCUT2D eigenvalue weighted by molar-refractivity contribution is 5.81. The molecule has 3 N–H and O–H groups in total. The highest BCUT2D eigenvalue weighted by atomic mass is 16.2. The third-order valence-corrected chi connectivity index (χ3v) is 2.48. The number of nitrogens with zero attached hydrogens (tertiary/aromatic N) is 1. The predicted octanol–water partition coefficient (Wildman–Crippen LogP) is 0.572. The minimum atomic E-state index is -0.315. The zero-order chi connectivity index (χ0) is 11.7. The highest BCUT2D eigenvalue weighted by Gasteiger charge is 2.16. The lowest BCUT2D eigenvalue weighted by atomic mass is 10.1. The van der Waals surface area contributed by atoms with E-state index in [0.29, 0.717) is 0 Å². The second-order valence-electron chi connectivity index (χ2n) is 3.97. The van der Waals surface area contributed by atoms with Crippen molar-refractivity contribution in [1.29, 1.82) is 0 Å². The van der Waals surface area contributed by atoms with Gasteiger partial charge in [-0.1, -0.05) is 19.8 Å². The number of nitrogens with one attached hydrogen (secondary N) is 1. The quantitative estimate of drug-likeness (QED) is 0.582. The van der Waals surface area contributed by atoms with Crippen LogP contribution in [0.3, 0.4) is 0 Å². The fourth-order valence-electron chi connectivity index (χ4n) is 1.43. The summed E-state index contributed by atoms with van der Waals surface area (Å²) in [6.07, 6.45) is 3.88. The average Bonchev–Trinajstić information content (AvgIpc) is 2.24. The van der Waals surface area contributed by atoms with Crippen molar-refractivity contribution in [1.82, 2.24) is 10.2 Å². The lowest BCUT2D eigenvalue weighted by Gasteiger charge is -2.21. The normalized spacial score (nSPS) is 12.5. The first-order valence-electron chi connectivity index (χ1n) is 5.78. The molecule has 4 heteroatoms. The second kappa shape index (κ2) is 8.68. The van der Waals surface area contributed by atoms with E-state index in [1.807, 2.05) is 14.1 Å². The number of carbonyl (C=O) groups is 1. The Labute approximate surface area is 93.2 Å². The topological polar surface area (TPSA) is 58.4 Å². The van der Waals surface area contributed by atoms with Gasteiger partial charge in [-0.05, 0) is 26.4 Å². The molecule has 0 aromatic heterocycles. The van der Waals surface area contributed by atoms with E-state index in [1.165, 1.54) is 0 Å². The summed E-state index contributed by atoms with van der Waals surface area (Å²) in [6.45, 7) is 3.81. The summed E-state index contributed by atoms with van der Waals surface area (Å²) in [5.74, 6) is 0.0690. The van der Waals surface area contributed by atoms with E-state index < -0.39 is 0 Å². The van der Waals surface area contributed by atoms with Gasteiger partial charge >= 0.3 is 0 Å². The molecule has 0 heterocycles. The Balaban J connectivity index is 3.75. The van der Waals surface area contributed by atoms with Crippen LogP contribution in [0.2, 0.25) is 0 Å². The minimum absolute atomic E-state index is 0.0690. The Hall–Kier alpha value is -0.610. The molecule has 0 aromatic carbocycles. The van der Waals surface area contributed by atoms with E-state index in [0.717, 1.165) is 38.8 Å². The van der Waals surface area contributed by atoms with Crippen molar-refractivity contribution in [3.8, 4) is 0 Å². The maximum Gasteiger partial charge on any atom is 0.239 e. The lowest BCUT2D eigenvalue weighted by Crippen LogP contribution is -2.42. The van der Waals surface area contributed by atoms with Crippen molar-refractivity contribution in [2.24, 2.45) is 5.73 Å². The van der Waals surface area contributed by atoms with Crippen LogP contribution in [-0.4, -0.2) is 44.0 Å². The number of rotatable bonds is 8. The molecule has 0 fully saturated rings. The Morgan fingerprint density at radius 2 is 2.13 bits per heavy atom. The summed E-state index contributed by atoms with van der Waals surface area (Å²) in [5, 5.41) is 3.06. The molecule has 0 spiro atoms. The van der Waals surface area contributed by atoms with E-state index in [-0.39, 0.29) is 11.9 Å². The van der Waals surface area contributed by atoms with Gasteiger partial charge in [0.25, 0.3) is 0 Å². The minimum Gasteiger partial charge on any atom is -0.344 e. The molecule has 1 amide bonds. The van der Waals surface area contributed by atoms with Gasteiger partial charge in [0.15, 0.2) is 0 Å². The number of amides is 1. The predicted molar refractivity (Wildman–Crippen MR) is 63.7 cm³/mol. The van der Waals surface area contributed by atoms with Crippen molar-refractivity contribution in [3.05, 3.63) is 0 Å². The van der Waals surface area contributed by atoms with Crippen LogP contribution in [0, 0.1) is 0 Å². The van der Waals surface area contributed by atoms with Crippen LogP contribution in [0.1, 0.15) is 32.6 Å². The monoisotopic (exact) mass is 215 g/mol. The first-order chi connectivity index (χ1) is 7.13. The van der Waals surface area contributed by atoms with Crippen LogP contribution in [0.15, 0.2) is 0 Å². The molecule has 0 aromatic rings. The molecule has 4 nitrogen and oxygen atoms in total. The third-order valence-electron chi connectivity index (χ3n) is 2.48. The van der Waals surface area contributed by atoms with Crippen LogP contribution in [0.5, 0.6) is 0 Å². The maximum absolute atomic E-state index is 11.7. The number of hydrogen-bond acceptors (Lipinski definition) is 3. The van der Waals surface area contributed by atoms with Crippen molar-refractivity contribution in [3.63, 3.8) is 0 Å². The molecule has 0 aliphatic carbocycles. The Morgan fingerprint density at radius 3 is 2.67 bits per heavy atom. The number of carbonyl (C=O) groups excluding carboxylic acids is 1. The molecule has 0 aliphatic rings. The molecule has 0 aliphatic heterocycles. The number of nitrogens with two attached hydrogens (primary N) is 1. The van der Waals surface area contributed by atoms with Crippen LogP contribution < -0.4 is 11.1 Å². The largest absolute Gasteiger partial charge is 0.344 e. The van der Waals surface area contributed by atoms with Gasteiger partial charge < -0.3 is 16.0 Å². The van der Waals surface area contributed by atoms with Crippen LogP contribution in [0.4, 0.5) is 0 Å². The molecule has 0 radical (unpaired) electrons. The molecule has 1 unspecified atom stereocenters. The van der Waals surface area contributed by atoms with Crippen LogP contribution >= 0.6 is 0 Å². The lowest BCUT2D eigenvalue weighted by molar-refractivity contribution is -0.131. The summed E-state index contributed by atoms with van der Waals surface area (Å²) >= 11 is 0. The Kier molecular flexibility index (Phi) is 8.33. The number of hydrogen-bond donors (Lipinski definition) is 2. The van der Waals surface area contributed by atoms with E-state index in [4.69, 9.17) is 5.73 Å². The van der Waals surface area contributed by atoms with Gasteiger partial charge in [0.2, 0.25) is 5.91 Å². The van der Waals surface area contributed by atoms with Crippen molar-refractivity contribution >= 4 is 5.91 Å². The molecule has 0 saturated heterocycles. The van der Waals surface area contributed by atoms with E-state index in [2.05, 4.69) is 12.2 Å². The SMILES string of the molecule is CCCCC(N)C(=O)N(C)CCCNC. The maximum atomic E-state index is 11.7. The van der Waals surface area contributed by atoms with Gasteiger partial charge in [-0.15, -0.1) is 0 Å². The summed E-state index contributed by atoms with van der Waals surface area (Å²) in [7, 11) is 3.73. The standard InChI is InChI=1S/C11H25N3O/c1-4-5-7-10(12)11(15)14(3)9-6-8-13-2/h10,13H,4-9,12H2,1-3H3. The summed E-state index contributed by atoms with van der Waals surface area (Å²) in [6, 6.07) is -0.315. The molecule has 0 rings (SSSR count). The van der Waals surface area contributed by atoms with Gasteiger partial charge in [0, 0.05) is 13.6 Å². The summed E-state index contributed by atoms with van der Waals surface area (Å²) < 4.78 is 0. The molecule has 1 atom stereocenters. The first kappa shape index (κ1) is 14.4. The van der Waals surface area contributed by atoms with Gasteiger partial charge in [-0.2, -0.15) is 0 Å². The fourth-order valence-corrected chi connectivity index (χ4v) is 1.43. The Bertz CT molecular complexity index is 173. The molecular weight excluding hydrogens is 190 g/mol. The zero-order valence-electron chi connectivity index (χ0n) is 10.3. The van der Waals surface area contributed by atoms with Crippen LogP contribution in [0.25, 0.3) is 0 Å². The molecule has 15 heavy (non-hydrogen) atoms. The van der Waals surface area contributed by atoms with Gasteiger partial charge in [-0.3, -0.25) is 4.79 Å². The van der Waals surface area contributed by atoms with Crippen molar-refractivity contribution < 1.29 is 4.79 Å². The number of likely N-dealkylation sites (N-methyl/N-ethyl adjacent to an activating group) is 1. The third kappa shape index (κ3) is 6.47. The van der Waals surface area contributed by atoms with Gasteiger partial charge in [0.05, 0.1) is 6.04 Å².